The van der Waals surface area contributed by atoms with Crippen LogP contribution in [-0.4, -0.2) is 29.4 Å². The molecule has 1 aromatic heterocycles. The first-order chi connectivity index (χ1) is 8.08. The van der Waals surface area contributed by atoms with Crippen molar-refractivity contribution >= 4 is 23.2 Å². The van der Waals surface area contributed by atoms with E-state index in [4.69, 9.17) is 0 Å². The van der Waals surface area contributed by atoms with Gasteiger partial charge in [0.25, 0.3) is 5.91 Å². The number of rotatable bonds is 2. The van der Waals surface area contributed by atoms with Crippen LogP contribution in [0.4, 0.5) is 0 Å². The van der Waals surface area contributed by atoms with E-state index in [1.54, 1.807) is 6.92 Å². The minimum absolute atomic E-state index is 0.0940. The Morgan fingerprint density at radius 3 is 2.88 bits per heavy atom. The standard InChI is InChI=1S/C11H15N3O2S/c1-6-9(17-7(2)13-6)11(16)14-8-4-3-5-12-10(8)15/h8H,3-5H2,1-2H3,(H,12,15)(H,14,16)/t8-/m1/s1. The quantitative estimate of drug-likeness (QED) is 0.817. The SMILES string of the molecule is Cc1nc(C)c(C(=O)N[C@@H]2CCCNC2=O)s1. The second-order valence-electron chi connectivity index (χ2n) is 4.11. The predicted octanol–water partition coefficient (Wildman–Crippen LogP) is 0.768. The molecule has 1 atom stereocenters. The van der Waals surface area contributed by atoms with Gasteiger partial charge in [-0.05, 0) is 26.7 Å². The van der Waals surface area contributed by atoms with Crippen LogP contribution in [0.3, 0.4) is 0 Å². The average Bonchev–Trinajstić information content (AvgIpc) is 2.61. The molecule has 0 unspecified atom stereocenters. The lowest BCUT2D eigenvalue weighted by molar-refractivity contribution is -0.124. The molecule has 1 aromatic rings. The third-order valence-corrected chi connectivity index (χ3v) is 3.77. The summed E-state index contributed by atoms with van der Waals surface area (Å²) in [4.78, 5) is 28.3. The van der Waals surface area contributed by atoms with Gasteiger partial charge in [0, 0.05) is 6.54 Å². The van der Waals surface area contributed by atoms with Gasteiger partial charge in [0.1, 0.15) is 10.9 Å². The minimum atomic E-state index is -0.405. The van der Waals surface area contributed by atoms with Crippen LogP contribution < -0.4 is 10.6 Å². The molecule has 1 saturated heterocycles. The van der Waals surface area contributed by atoms with E-state index in [0.717, 1.165) is 17.1 Å². The fourth-order valence-corrected chi connectivity index (χ4v) is 2.70. The van der Waals surface area contributed by atoms with Crippen molar-refractivity contribution < 1.29 is 9.59 Å². The normalized spacial score (nSPS) is 19.9. The maximum Gasteiger partial charge on any atom is 0.263 e. The van der Waals surface area contributed by atoms with Crippen LogP contribution in [0.1, 0.15) is 33.2 Å². The molecule has 0 aromatic carbocycles. The van der Waals surface area contributed by atoms with Crippen LogP contribution >= 0.6 is 11.3 Å². The van der Waals surface area contributed by atoms with E-state index in [2.05, 4.69) is 15.6 Å². The highest BCUT2D eigenvalue weighted by Gasteiger charge is 2.25. The average molecular weight is 253 g/mol. The summed E-state index contributed by atoms with van der Waals surface area (Å²) in [6.45, 7) is 4.37. The van der Waals surface area contributed by atoms with E-state index in [0.29, 0.717) is 17.8 Å². The summed E-state index contributed by atoms with van der Waals surface area (Å²) in [7, 11) is 0. The van der Waals surface area contributed by atoms with Gasteiger partial charge in [-0.3, -0.25) is 9.59 Å². The number of carbonyl (C=O) groups excluding carboxylic acids is 2. The Hall–Kier alpha value is -1.43. The molecule has 1 fully saturated rings. The summed E-state index contributed by atoms with van der Waals surface area (Å²) in [5.41, 5.74) is 0.723. The molecule has 2 N–H and O–H groups in total. The van der Waals surface area contributed by atoms with Crippen LogP contribution in [0.2, 0.25) is 0 Å². The number of aromatic nitrogens is 1. The highest BCUT2D eigenvalue weighted by molar-refractivity contribution is 7.13. The Kier molecular flexibility index (Phi) is 3.42. The lowest BCUT2D eigenvalue weighted by Gasteiger charge is -2.22. The summed E-state index contributed by atoms with van der Waals surface area (Å²) in [6, 6.07) is -0.405. The number of nitrogens with one attached hydrogen (secondary N) is 2. The Balaban J connectivity index is 2.06. The molecule has 92 valence electrons. The van der Waals surface area contributed by atoms with E-state index in [1.807, 2.05) is 6.92 Å². The zero-order valence-corrected chi connectivity index (χ0v) is 10.7. The molecule has 2 amide bonds. The van der Waals surface area contributed by atoms with Crippen LogP contribution in [0.15, 0.2) is 0 Å². The van der Waals surface area contributed by atoms with Gasteiger partial charge in [-0.1, -0.05) is 0 Å². The predicted molar refractivity (Wildman–Crippen MR) is 65.1 cm³/mol. The number of carbonyl (C=O) groups is 2. The van der Waals surface area contributed by atoms with E-state index in [9.17, 15) is 9.59 Å². The summed E-state index contributed by atoms with van der Waals surface area (Å²) < 4.78 is 0. The van der Waals surface area contributed by atoms with Crippen molar-refractivity contribution in [2.45, 2.75) is 32.7 Å². The maximum absolute atomic E-state index is 12.0. The molecule has 17 heavy (non-hydrogen) atoms. The lowest BCUT2D eigenvalue weighted by Crippen LogP contribution is -2.50. The molecule has 0 aliphatic carbocycles. The Morgan fingerprint density at radius 1 is 1.53 bits per heavy atom. The van der Waals surface area contributed by atoms with E-state index < -0.39 is 6.04 Å². The number of hydrogen-bond donors (Lipinski definition) is 2. The van der Waals surface area contributed by atoms with Gasteiger partial charge in [0.05, 0.1) is 10.7 Å². The van der Waals surface area contributed by atoms with Crippen LogP contribution in [0.5, 0.6) is 0 Å². The Labute approximate surface area is 104 Å². The lowest BCUT2D eigenvalue weighted by atomic mass is 10.1. The summed E-state index contributed by atoms with van der Waals surface area (Å²) in [5, 5.41) is 6.36. The van der Waals surface area contributed by atoms with Crippen molar-refractivity contribution in [3.05, 3.63) is 15.6 Å². The molecular weight excluding hydrogens is 238 g/mol. The van der Waals surface area contributed by atoms with Gasteiger partial charge in [-0.2, -0.15) is 0 Å². The first-order valence-corrected chi connectivity index (χ1v) is 6.42. The smallest absolute Gasteiger partial charge is 0.263 e. The first kappa shape index (κ1) is 12.0. The highest BCUT2D eigenvalue weighted by atomic mass is 32.1. The van der Waals surface area contributed by atoms with E-state index >= 15 is 0 Å². The van der Waals surface area contributed by atoms with Crippen molar-refractivity contribution in [1.82, 2.24) is 15.6 Å². The first-order valence-electron chi connectivity index (χ1n) is 5.60. The molecule has 2 rings (SSSR count). The molecule has 6 heteroatoms. The van der Waals surface area contributed by atoms with Crippen molar-refractivity contribution in [3.8, 4) is 0 Å². The number of thiazole rings is 1. The fourth-order valence-electron chi connectivity index (χ4n) is 1.88. The zero-order chi connectivity index (χ0) is 12.4. The van der Waals surface area contributed by atoms with E-state index in [1.165, 1.54) is 11.3 Å². The van der Waals surface area contributed by atoms with Crippen LogP contribution in [0.25, 0.3) is 0 Å². The third kappa shape index (κ3) is 2.63. The van der Waals surface area contributed by atoms with Gasteiger partial charge in [-0.25, -0.2) is 4.98 Å². The summed E-state index contributed by atoms with van der Waals surface area (Å²) in [6.07, 6.45) is 1.60. The topological polar surface area (TPSA) is 71.1 Å². The monoisotopic (exact) mass is 253 g/mol. The van der Waals surface area contributed by atoms with Crippen molar-refractivity contribution in [3.63, 3.8) is 0 Å². The zero-order valence-electron chi connectivity index (χ0n) is 9.87. The van der Waals surface area contributed by atoms with Gasteiger partial charge in [0.15, 0.2) is 0 Å². The molecule has 2 heterocycles. The van der Waals surface area contributed by atoms with Crippen LogP contribution in [-0.2, 0) is 4.79 Å². The molecule has 0 spiro atoms. The molecule has 1 aliphatic rings. The molecule has 0 saturated carbocycles. The molecule has 5 nitrogen and oxygen atoms in total. The van der Waals surface area contributed by atoms with E-state index in [-0.39, 0.29) is 11.8 Å². The van der Waals surface area contributed by atoms with Crippen LogP contribution in [0, 0.1) is 13.8 Å². The number of amides is 2. The molecule has 0 radical (unpaired) electrons. The molecular formula is C11H15N3O2S. The fraction of sp³-hybridized carbons (Fsp3) is 0.545. The van der Waals surface area contributed by atoms with Crippen molar-refractivity contribution in [1.29, 1.82) is 0 Å². The van der Waals surface area contributed by atoms with Gasteiger partial charge < -0.3 is 10.6 Å². The number of piperidine rings is 1. The highest BCUT2D eigenvalue weighted by Crippen LogP contribution is 2.17. The number of hydrogen-bond acceptors (Lipinski definition) is 4. The van der Waals surface area contributed by atoms with Gasteiger partial charge in [-0.15, -0.1) is 11.3 Å². The second kappa shape index (κ2) is 4.83. The van der Waals surface area contributed by atoms with Gasteiger partial charge in [0.2, 0.25) is 5.91 Å². The minimum Gasteiger partial charge on any atom is -0.354 e. The second-order valence-corrected chi connectivity index (χ2v) is 5.31. The molecule has 0 bridgehead atoms. The summed E-state index contributed by atoms with van der Waals surface area (Å²) >= 11 is 1.36. The molecule has 1 aliphatic heterocycles. The maximum atomic E-state index is 12.0. The third-order valence-electron chi connectivity index (χ3n) is 2.70. The van der Waals surface area contributed by atoms with Crippen molar-refractivity contribution in [2.75, 3.05) is 6.54 Å². The van der Waals surface area contributed by atoms with Crippen molar-refractivity contribution in [2.24, 2.45) is 0 Å². The largest absolute Gasteiger partial charge is 0.354 e. The number of nitrogens with zero attached hydrogens (tertiary/aromatic N) is 1. The summed E-state index contributed by atoms with van der Waals surface area (Å²) in [5.74, 6) is -0.293. The Morgan fingerprint density at radius 2 is 2.29 bits per heavy atom. The number of aryl methyl sites for hydroxylation is 2. The Bertz CT molecular complexity index is 456. The van der Waals surface area contributed by atoms with Gasteiger partial charge >= 0.3 is 0 Å².